The van der Waals surface area contributed by atoms with Gasteiger partial charge in [-0.3, -0.25) is 0 Å². The Kier molecular flexibility index (Phi) is 10.0. The average Bonchev–Trinajstić information content (AvgIpc) is 3.12. The van der Waals surface area contributed by atoms with Gasteiger partial charge in [-0.25, -0.2) is 4.79 Å². The molecule has 206 valence electrons. The van der Waals surface area contributed by atoms with Crippen molar-refractivity contribution in [3.63, 3.8) is 0 Å². The molecule has 1 aliphatic heterocycles. The number of benzene rings is 3. The summed E-state index contributed by atoms with van der Waals surface area (Å²) in [6.07, 6.45) is 5.03. The smallest absolute Gasteiger partial charge is 0.331 e. The second-order valence-corrected chi connectivity index (χ2v) is 9.85. The van der Waals surface area contributed by atoms with Crippen molar-refractivity contribution in [2.45, 2.75) is 59.3 Å². The molecule has 0 spiro atoms. The largest absolute Gasteiger partial charge is 0.494 e. The Bertz CT molecular complexity index is 1270. The SMILES string of the molecule is CCCCOC(C)Oc1ccc(-c2ccc3c(c2)C=C(C(=O)O)CCN3Cc2cccc(OCCC)c2)cc1. The van der Waals surface area contributed by atoms with Gasteiger partial charge in [0.25, 0.3) is 0 Å². The second-order valence-electron chi connectivity index (χ2n) is 9.85. The second kappa shape index (κ2) is 13.9. The summed E-state index contributed by atoms with van der Waals surface area (Å²) in [7, 11) is 0. The lowest BCUT2D eigenvalue weighted by molar-refractivity contribution is -0.132. The third-order valence-electron chi connectivity index (χ3n) is 6.71. The van der Waals surface area contributed by atoms with Gasteiger partial charge in [0.2, 0.25) is 0 Å². The van der Waals surface area contributed by atoms with Gasteiger partial charge in [0.05, 0.1) is 13.2 Å². The summed E-state index contributed by atoms with van der Waals surface area (Å²) >= 11 is 0. The molecular weight excluding hydrogens is 490 g/mol. The van der Waals surface area contributed by atoms with Gasteiger partial charge in [-0.2, -0.15) is 0 Å². The summed E-state index contributed by atoms with van der Waals surface area (Å²) in [5.41, 5.74) is 5.52. The molecule has 0 fully saturated rings. The van der Waals surface area contributed by atoms with Crippen molar-refractivity contribution in [2.75, 3.05) is 24.7 Å². The summed E-state index contributed by atoms with van der Waals surface area (Å²) in [6.45, 7) is 8.79. The first kappa shape index (κ1) is 28.2. The highest BCUT2D eigenvalue weighted by molar-refractivity contribution is 5.94. The number of hydrogen-bond donors (Lipinski definition) is 1. The molecule has 3 aromatic carbocycles. The summed E-state index contributed by atoms with van der Waals surface area (Å²) in [4.78, 5) is 14.2. The normalized spacial score (nSPS) is 13.7. The Labute approximate surface area is 231 Å². The molecule has 0 radical (unpaired) electrons. The van der Waals surface area contributed by atoms with E-state index in [0.29, 0.717) is 38.3 Å². The zero-order chi connectivity index (χ0) is 27.6. The van der Waals surface area contributed by atoms with Gasteiger partial charge in [0.15, 0.2) is 6.29 Å². The number of ether oxygens (including phenoxy) is 3. The summed E-state index contributed by atoms with van der Waals surface area (Å²) < 4.78 is 17.4. The molecule has 1 aliphatic rings. The van der Waals surface area contributed by atoms with Crippen LogP contribution in [-0.2, 0) is 16.1 Å². The Balaban J connectivity index is 1.55. The molecule has 6 nitrogen and oxygen atoms in total. The van der Waals surface area contributed by atoms with Crippen LogP contribution in [0.15, 0.2) is 72.3 Å². The van der Waals surface area contributed by atoms with E-state index in [1.54, 1.807) is 0 Å². The van der Waals surface area contributed by atoms with Crippen LogP contribution in [0.3, 0.4) is 0 Å². The first-order valence-corrected chi connectivity index (χ1v) is 13.9. The van der Waals surface area contributed by atoms with Gasteiger partial charge in [0, 0.05) is 24.4 Å². The molecule has 0 saturated carbocycles. The highest BCUT2D eigenvalue weighted by atomic mass is 16.7. The number of anilines is 1. The zero-order valence-corrected chi connectivity index (χ0v) is 23.2. The van der Waals surface area contributed by atoms with Crippen LogP contribution in [0.4, 0.5) is 5.69 Å². The first-order valence-electron chi connectivity index (χ1n) is 13.9. The number of carbonyl (C=O) groups is 1. The van der Waals surface area contributed by atoms with Crippen LogP contribution in [0, 0.1) is 0 Å². The van der Waals surface area contributed by atoms with Gasteiger partial charge in [0.1, 0.15) is 11.5 Å². The van der Waals surface area contributed by atoms with Crippen molar-refractivity contribution in [1.29, 1.82) is 0 Å². The van der Waals surface area contributed by atoms with E-state index in [1.165, 1.54) is 0 Å². The maximum absolute atomic E-state index is 12.0. The van der Waals surface area contributed by atoms with Gasteiger partial charge in [-0.1, -0.05) is 50.6 Å². The molecule has 0 saturated heterocycles. The van der Waals surface area contributed by atoms with Crippen LogP contribution in [0.25, 0.3) is 17.2 Å². The van der Waals surface area contributed by atoms with Crippen molar-refractivity contribution >= 4 is 17.7 Å². The minimum Gasteiger partial charge on any atom is -0.494 e. The van der Waals surface area contributed by atoms with Gasteiger partial charge < -0.3 is 24.2 Å². The quantitative estimate of drug-likeness (QED) is 0.182. The molecule has 0 aromatic heterocycles. The highest BCUT2D eigenvalue weighted by Crippen LogP contribution is 2.34. The van der Waals surface area contributed by atoms with E-state index in [9.17, 15) is 9.90 Å². The number of unbranched alkanes of at least 4 members (excludes halogenated alkanes) is 1. The van der Waals surface area contributed by atoms with Gasteiger partial charge >= 0.3 is 5.97 Å². The molecule has 1 unspecified atom stereocenters. The summed E-state index contributed by atoms with van der Waals surface area (Å²) in [5, 5.41) is 9.81. The Morgan fingerprint density at radius 2 is 1.74 bits per heavy atom. The lowest BCUT2D eigenvalue weighted by atomic mass is 10.00. The lowest BCUT2D eigenvalue weighted by Crippen LogP contribution is -2.24. The fourth-order valence-electron chi connectivity index (χ4n) is 4.63. The molecule has 0 bridgehead atoms. The number of carboxylic acid groups (broad SMARTS) is 1. The van der Waals surface area contributed by atoms with E-state index in [2.05, 4.69) is 49.1 Å². The zero-order valence-electron chi connectivity index (χ0n) is 23.2. The van der Waals surface area contributed by atoms with Gasteiger partial charge in [-0.15, -0.1) is 0 Å². The molecule has 0 aliphatic carbocycles. The van der Waals surface area contributed by atoms with E-state index in [4.69, 9.17) is 14.2 Å². The standard InChI is InChI=1S/C33H39NO5/c1-4-6-19-37-24(3)39-30-13-10-26(11-14-30)27-12-15-32-29(21-27)22-28(33(35)36)16-17-34(32)23-25-8-7-9-31(20-25)38-18-5-2/h7-15,20-22,24H,4-6,16-19,23H2,1-3H3,(H,35,36). The number of fused-ring (bicyclic) bond motifs is 1. The van der Waals surface area contributed by atoms with E-state index in [-0.39, 0.29) is 6.29 Å². The minimum absolute atomic E-state index is 0.306. The van der Waals surface area contributed by atoms with Crippen LogP contribution in [0.2, 0.25) is 0 Å². The molecule has 0 amide bonds. The van der Waals surface area contributed by atoms with Crippen molar-refractivity contribution in [1.82, 2.24) is 0 Å². The van der Waals surface area contributed by atoms with Crippen LogP contribution >= 0.6 is 0 Å². The van der Waals surface area contributed by atoms with E-state index in [0.717, 1.165) is 58.7 Å². The van der Waals surface area contributed by atoms with Crippen LogP contribution in [0.5, 0.6) is 11.5 Å². The molecule has 3 aromatic rings. The van der Waals surface area contributed by atoms with Gasteiger partial charge in [-0.05, 0) is 90.9 Å². The van der Waals surface area contributed by atoms with Crippen LogP contribution < -0.4 is 14.4 Å². The monoisotopic (exact) mass is 529 g/mol. The van der Waals surface area contributed by atoms with Crippen LogP contribution in [-0.4, -0.2) is 37.1 Å². The van der Waals surface area contributed by atoms with E-state index < -0.39 is 5.97 Å². The maximum atomic E-state index is 12.0. The fraction of sp³-hybridized carbons (Fsp3) is 0.364. The van der Waals surface area contributed by atoms with Crippen molar-refractivity contribution in [2.24, 2.45) is 0 Å². The van der Waals surface area contributed by atoms with Crippen LogP contribution in [0.1, 0.15) is 57.6 Å². The molecule has 6 heteroatoms. The molecule has 39 heavy (non-hydrogen) atoms. The lowest BCUT2D eigenvalue weighted by Gasteiger charge is -2.26. The molecule has 1 atom stereocenters. The number of carboxylic acids is 1. The number of aliphatic carboxylic acids is 1. The molecule has 4 rings (SSSR count). The third kappa shape index (κ3) is 7.87. The van der Waals surface area contributed by atoms with E-state index >= 15 is 0 Å². The number of rotatable bonds is 13. The molecule has 1 N–H and O–H groups in total. The summed E-state index contributed by atoms with van der Waals surface area (Å²) in [5.74, 6) is 0.736. The fourth-order valence-corrected chi connectivity index (χ4v) is 4.63. The maximum Gasteiger partial charge on any atom is 0.331 e. The Hall–Kier alpha value is -3.77. The number of nitrogens with zero attached hydrogens (tertiary/aromatic N) is 1. The predicted octanol–water partition coefficient (Wildman–Crippen LogP) is 7.56. The van der Waals surface area contributed by atoms with Crippen molar-refractivity contribution in [3.8, 4) is 22.6 Å². The highest BCUT2D eigenvalue weighted by Gasteiger charge is 2.20. The Morgan fingerprint density at radius 3 is 2.49 bits per heavy atom. The Morgan fingerprint density at radius 1 is 0.949 bits per heavy atom. The van der Waals surface area contributed by atoms with Crippen molar-refractivity contribution in [3.05, 3.63) is 83.4 Å². The minimum atomic E-state index is -0.875. The molecular formula is C33H39NO5. The predicted molar refractivity (Wildman–Crippen MR) is 156 cm³/mol. The van der Waals surface area contributed by atoms with E-state index in [1.807, 2.05) is 49.4 Å². The first-order chi connectivity index (χ1) is 19.0. The molecule has 1 heterocycles. The average molecular weight is 530 g/mol. The third-order valence-corrected chi connectivity index (χ3v) is 6.71. The van der Waals surface area contributed by atoms with Crippen molar-refractivity contribution < 1.29 is 24.1 Å². The summed E-state index contributed by atoms with van der Waals surface area (Å²) in [6, 6.07) is 22.3. The number of hydrogen-bond acceptors (Lipinski definition) is 5. The topological polar surface area (TPSA) is 68.2 Å².